The van der Waals surface area contributed by atoms with Crippen molar-refractivity contribution in [1.29, 1.82) is 0 Å². The van der Waals surface area contributed by atoms with Gasteiger partial charge < -0.3 is 21.0 Å². The molecule has 0 radical (unpaired) electrons. The zero-order chi connectivity index (χ0) is 16.4. The Hall–Kier alpha value is -2.08. The zero-order valence-electron chi connectivity index (χ0n) is 13.4. The number of nitrogens with two attached hydrogens (primary N) is 1. The average Bonchev–Trinajstić information content (AvgIpc) is 3.29. The monoisotopic (exact) mass is 316 g/mol. The van der Waals surface area contributed by atoms with Crippen LogP contribution in [0.5, 0.6) is 0 Å². The maximum Gasteiger partial charge on any atom is 0.323 e. The molecule has 0 spiro atoms. The molecule has 1 aliphatic rings. The molecule has 1 aromatic carbocycles. The lowest BCUT2D eigenvalue weighted by Crippen LogP contribution is -2.53. The smallest absolute Gasteiger partial charge is 0.323 e. The van der Waals surface area contributed by atoms with Gasteiger partial charge in [-0.25, -0.2) is 4.79 Å². The first kappa shape index (κ1) is 15.8. The molecule has 1 aliphatic carbocycles. The maximum atomic E-state index is 12.1. The topological polar surface area (TPSA) is 104 Å². The van der Waals surface area contributed by atoms with E-state index in [1.165, 1.54) is 0 Å². The zero-order valence-corrected chi connectivity index (χ0v) is 13.4. The van der Waals surface area contributed by atoms with Crippen LogP contribution in [-0.2, 0) is 11.2 Å². The summed E-state index contributed by atoms with van der Waals surface area (Å²) in [7, 11) is 0. The minimum atomic E-state index is -0.249. The van der Waals surface area contributed by atoms with Crippen molar-refractivity contribution in [3.8, 4) is 0 Å². The van der Waals surface area contributed by atoms with Gasteiger partial charge in [0.1, 0.15) is 0 Å². The van der Waals surface area contributed by atoms with Crippen molar-refractivity contribution in [3.63, 3.8) is 0 Å². The van der Waals surface area contributed by atoms with Crippen LogP contribution in [0, 0.1) is 5.92 Å². The largest absolute Gasteiger partial charge is 0.349 e. The Labute approximate surface area is 134 Å². The Balaban J connectivity index is 1.51. The summed E-state index contributed by atoms with van der Waals surface area (Å²) >= 11 is 0. The van der Waals surface area contributed by atoms with E-state index in [4.69, 9.17) is 5.73 Å². The highest BCUT2D eigenvalue weighted by Gasteiger charge is 2.41. The molecule has 1 atom stereocenters. The van der Waals surface area contributed by atoms with Gasteiger partial charge in [-0.05, 0) is 56.2 Å². The van der Waals surface area contributed by atoms with Crippen LogP contribution in [0.15, 0.2) is 23.0 Å². The van der Waals surface area contributed by atoms with E-state index in [0.717, 1.165) is 42.3 Å². The summed E-state index contributed by atoms with van der Waals surface area (Å²) in [6, 6.07) is 5.83. The van der Waals surface area contributed by atoms with Crippen LogP contribution < -0.4 is 16.7 Å². The molecule has 2 aromatic rings. The molecule has 6 nitrogen and oxygen atoms in total. The van der Waals surface area contributed by atoms with Crippen molar-refractivity contribution in [3.05, 3.63) is 34.2 Å². The van der Waals surface area contributed by atoms with E-state index in [0.29, 0.717) is 18.9 Å². The summed E-state index contributed by atoms with van der Waals surface area (Å²) in [4.78, 5) is 28.9. The molecule has 0 bridgehead atoms. The molecular weight excluding hydrogens is 292 g/mol. The van der Waals surface area contributed by atoms with Gasteiger partial charge >= 0.3 is 5.69 Å². The summed E-state index contributed by atoms with van der Waals surface area (Å²) < 4.78 is 0. The minimum absolute atomic E-state index is 0.0704. The molecule has 124 valence electrons. The number of amides is 1. The van der Waals surface area contributed by atoms with Gasteiger partial charge in [-0.1, -0.05) is 6.07 Å². The summed E-state index contributed by atoms with van der Waals surface area (Å²) in [6.07, 6.45) is 4.38. The van der Waals surface area contributed by atoms with Gasteiger partial charge in [0.15, 0.2) is 0 Å². The normalized spacial score (nSPS) is 17.1. The Bertz CT molecular complexity index is 759. The number of H-pyrrole nitrogens is 2. The predicted octanol–water partition coefficient (Wildman–Crippen LogP) is 1.42. The highest BCUT2D eigenvalue weighted by atomic mass is 16.2. The molecule has 0 saturated heterocycles. The number of aromatic amines is 2. The summed E-state index contributed by atoms with van der Waals surface area (Å²) in [5, 5.41) is 3.11. The number of hydrogen-bond acceptors (Lipinski definition) is 3. The second-order valence-corrected chi connectivity index (χ2v) is 6.76. The molecule has 1 amide bonds. The number of aryl methyl sites for hydroxylation is 1. The lowest BCUT2D eigenvalue weighted by Gasteiger charge is -2.29. The summed E-state index contributed by atoms with van der Waals surface area (Å²) in [5.41, 5.74) is 8.11. The lowest BCUT2D eigenvalue weighted by molar-refractivity contribution is -0.123. The molecule has 5 N–H and O–H groups in total. The Morgan fingerprint density at radius 2 is 2.09 bits per heavy atom. The standard InChI is InChI=1S/C17H24N4O2/c1-17(10-18,12-6-7-12)21-15(22)4-2-3-11-5-8-13-14(9-11)20-16(23)19-13/h5,8-9,12H,2-4,6-7,10,18H2,1H3,(H,21,22)(H2,19,20,23). The van der Waals surface area contributed by atoms with E-state index in [1.807, 2.05) is 25.1 Å². The summed E-state index contributed by atoms with van der Waals surface area (Å²) in [6.45, 7) is 2.53. The highest BCUT2D eigenvalue weighted by molar-refractivity contribution is 5.77. The number of benzene rings is 1. The van der Waals surface area contributed by atoms with Gasteiger partial charge in [0, 0.05) is 13.0 Å². The predicted molar refractivity (Wildman–Crippen MR) is 90.2 cm³/mol. The third-order valence-electron chi connectivity index (χ3n) is 4.78. The first-order valence-electron chi connectivity index (χ1n) is 8.22. The number of carbonyl (C=O) groups is 1. The van der Waals surface area contributed by atoms with E-state index in [9.17, 15) is 9.59 Å². The second kappa shape index (κ2) is 6.20. The Morgan fingerprint density at radius 3 is 2.78 bits per heavy atom. The third kappa shape index (κ3) is 3.64. The molecule has 1 heterocycles. The van der Waals surface area contributed by atoms with Crippen molar-refractivity contribution < 1.29 is 4.79 Å². The summed E-state index contributed by atoms with van der Waals surface area (Å²) in [5.74, 6) is 0.602. The quantitative estimate of drug-likeness (QED) is 0.621. The lowest BCUT2D eigenvalue weighted by atomic mass is 9.95. The number of rotatable bonds is 7. The number of carbonyl (C=O) groups excluding carboxylic acids is 1. The first-order chi connectivity index (χ1) is 11.0. The molecule has 1 unspecified atom stereocenters. The van der Waals surface area contributed by atoms with E-state index in [-0.39, 0.29) is 17.1 Å². The van der Waals surface area contributed by atoms with Gasteiger partial charge in [0.2, 0.25) is 5.91 Å². The number of fused-ring (bicyclic) bond motifs is 1. The molecule has 0 aliphatic heterocycles. The van der Waals surface area contributed by atoms with Crippen LogP contribution in [0.25, 0.3) is 11.0 Å². The molecule has 1 fully saturated rings. The SMILES string of the molecule is CC(CN)(NC(=O)CCCc1ccc2[nH]c(=O)[nH]c2c1)C1CC1. The molecule has 3 rings (SSSR count). The molecule has 6 heteroatoms. The van der Waals surface area contributed by atoms with E-state index >= 15 is 0 Å². The third-order valence-corrected chi connectivity index (χ3v) is 4.78. The molecule has 23 heavy (non-hydrogen) atoms. The average molecular weight is 316 g/mol. The van der Waals surface area contributed by atoms with E-state index < -0.39 is 0 Å². The van der Waals surface area contributed by atoms with Crippen LogP contribution in [0.2, 0.25) is 0 Å². The molecule has 1 saturated carbocycles. The fourth-order valence-corrected chi connectivity index (χ4v) is 3.11. The van der Waals surface area contributed by atoms with Crippen LogP contribution in [0.1, 0.15) is 38.2 Å². The van der Waals surface area contributed by atoms with Crippen molar-refractivity contribution in [1.82, 2.24) is 15.3 Å². The fraction of sp³-hybridized carbons (Fsp3) is 0.529. The van der Waals surface area contributed by atoms with Gasteiger partial charge in [0.05, 0.1) is 16.6 Å². The minimum Gasteiger partial charge on any atom is -0.349 e. The van der Waals surface area contributed by atoms with Crippen LogP contribution in [0.4, 0.5) is 0 Å². The van der Waals surface area contributed by atoms with Crippen molar-refractivity contribution in [2.24, 2.45) is 11.7 Å². The van der Waals surface area contributed by atoms with Gasteiger partial charge in [-0.3, -0.25) is 4.79 Å². The number of aromatic nitrogens is 2. The molecule has 1 aromatic heterocycles. The van der Waals surface area contributed by atoms with Gasteiger partial charge in [-0.2, -0.15) is 0 Å². The van der Waals surface area contributed by atoms with Crippen LogP contribution in [-0.4, -0.2) is 28.0 Å². The second-order valence-electron chi connectivity index (χ2n) is 6.76. The fourth-order valence-electron chi connectivity index (χ4n) is 3.11. The molecular formula is C17H24N4O2. The number of nitrogens with one attached hydrogen (secondary N) is 3. The number of imidazole rings is 1. The van der Waals surface area contributed by atoms with E-state index in [1.54, 1.807) is 0 Å². The van der Waals surface area contributed by atoms with Crippen LogP contribution in [0.3, 0.4) is 0 Å². The van der Waals surface area contributed by atoms with Crippen molar-refractivity contribution in [2.75, 3.05) is 6.54 Å². The van der Waals surface area contributed by atoms with Gasteiger partial charge in [0.25, 0.3) is 0 Å². The Morgan fingerprint density at radius 1 is 1.35 bits per heavy atom. The number of hydrogen-bond donors (Lipinski definition) is 4. The highest BCUT2D eigenvalue weighted by Crippen LogP contribution is 2.39. The van der Waals surface area contributed by atoms with Crippen molar-refractivity contribution in [2.45, 2.75) is 44.6 Å². The Kier molecular flexibility index (Phi) is 4.26. The first-order valence-corrected chi connectivity index (χ1v) is 8.22. The van der Waals surface area contributed by atoms with Crippen LogP contribution >= 0.6 is 0 Å². The van der Waals surface area contributed by atoms with Gasteiger partial charge in [-0.15, -0.1) is 0 Å². The van der Waals surface area contributed by atoms with E-state index in [2.05, 4.69) is 15.3 Å². The maximum absolute atomic E-state index is 12.1. The van der Waals surface area contributed by atoms with Crippen molar-refractivity contribution >= 4 is 16.9 Å².